The molecular formula is C24H28ClN3O2. The van der Waals surface area contributed by atoms with Crippen molar-refractivity contribution < 1.29 is 9.53 Å². The average molecular weight is 426 g/mol. The van der Waals surface area contributed by atoms with E-state index in [1.54, 1.807) is 16.8 Å². The molecule has 158 valence electrons. The minimum absolute atomic E-state index is 0.136. The Morgan fingerprint density at radius 1 is 1.13 bits per heavy atom. The third kappa shape index (κ3) is 6.44. The lowest BCUT2D eigenvalue weighted by Crippen LogP contribution is -2.25. The van der Waals surface area contributed by atoms with Crippen LogP contribution in [0.25, 0.3) is 11.3 Å². The summed E-state index contributed by atoms with van der Waals surface area (Å²) in [4.78, 5) is 12.9. The molecule has 3 aromatic rings. The van der Waals surface area contributed by atoms with Crippen LogP contribution in [0.5, 0.6) is 0 Å². The van der Waals surface area contributed by atoms with E-state index < -0.39 is 0 Å². The summed E-state index contributed by atoms with van der Waals surface area (Å²) >= 11 is 6.03. The monoisotopic (exact) mass is 425 g/mol. The highest BCUT2D eigenvalue weighted by atomic mass is 35.5. The SMILES string of the molecule is CC(C)COCCCNC(=O)c1cn(Cc2ccccc2)nc1-c1ccc(Cl)cc1. The van der Waals surface area contributed by atoms with E-state index in [1.807, 2.05) is 48.7 Å². The third-order valence-corrected chi connectivity index (χ3v) is 4.77. The van der Waals surface area contributed by atoms with Crippen LogP contribution in [0.1, 0.15) is 36.2 Å². The summed E-state index contributed by atoms with van der Waals surface area (Å²) in [5.74, 6) is 0.375. The molecule has 1 N–H and O–H groups in total. The Labute approximate surface area is 183 Å². The van der Waals surface area contributed by atoms with Crippen LogP contribution in [-0.2, 0) is 11.3 Å². The number of benzene rings is 2. The van der Waals surface area contributed by atoms with Crippen LogP contribution in [-0.4, -0.2) is 35.4 Å². The van der Waals surface area contributed by atoms with Gasteiger partial charge >= 0.3 is 0 Å². The molecule has 0 atom stereocenters. The van der Waals surface area contributed by atoms with Crippen molar-refractivity contribution in [2.75, 3.05) is 19.8 Å². The maximum absolute atomic E-state index is 12.9. The normalized spacial score (nSPS) is 11.1. The highest BCUT2D eigenvalue weighted by molar-refractivity contribution is 6.30. The van der Waals surface area contributed by atoms with Gasteiger partial charge in [0.1, 0.15) is 5.69 Å². The number of amides is 1. The summed E-state index contributed by atoms with van der Waals surface area (Å²) in [6, 6.07) is 17.4. The molecule has 0 spiro atoms. The van der Waals surface area contributed by atoms with Gasteiger partial charge in [0.05, 0.1) is 12.1 Å². The number of carbonyl (C=O) groups is 1. The standard InChI is InChI=1S/C24H28ClN3O2/c1-18(2)17-30-14-6-13-26-24(29)22-16-28(15-19-7-4-3-5-8-19)27-23(22)20-9-11-21(25)12-10-20/h3-5,7-12,16,18H,6,13-15,17H2,1-2H3,(H,26,29). The summed E-state index contributed by atoms with van der Waals surface area (Å²) in [5, 5.41) is 8.33. The number of hydrogen-bond acceptors (Lipinski definition) is 3. The van der Waals surface area contributed by atoms with Crippen LogP contribution < -0.4 is 5.32 Å². The lowest BCUT2D eigenvalue weighted by Gasteiger charge is -2.08. The van der Waals surface area contributed by atoms with Gasteiger partial charge < -0.3 is 10.1 Å². The Hall–Kier alpha value is -2.63. The van der Waals surface area contributed by atoms with Gasteiger partial charge in [-0.1, -0.05) is 67.9 Å². The van der Waals surface area contributed by atoms with E-state index in [-0.39, 0.29) is 5.91 Å². The van der Waals surface area contributed by atoms with E-state index in [0.717, 1.165) is 24.2 Å². The predicted octanol–water partition coefficient (Wildman–Crippen LogP) is 5.04. The average Bonchev–Trinajstić information content (AvgIpc) is 3.15. The Balaban J connectivity index is 1.72. The summed E-state index contributed by atoms with van der Waals surface area (Å²) in [5.41, 5.74) is 3.18. The minimum atomic E-state index is -0.136. The van der Waals surface area contributed by atoms with Gasteiger partial charge in [-0.05, 0) is 30.0 Å². The molecular weight excluding hydrogens is 398 g/mol. The van der Waals surface area contributed by atoms with Crippen LogP contribution in [0.4, 0.5) is 0 Å². The zero-order valence-corrected chi connectivity index (χ0v) is 18.2. The van der Waals surface area contributed by atoms with Crippen molar-refractivity contribution in [3.63, 3.8) is 0 Å². The van der Waals surface area contributed by atoms with Crippen molar-refractivity contribution in [3.05, 3.63) is 76.9 Å². The van der Waals surface area contributed by atoms with Crippen molar-refractivity contribution in [1.82, 2.24) is 15.1 Å². The lowest BCUT2D eigenvalue weighted by atomic mass is 10.1. The molecule has 0 radical (unpaired) electrons. The molecule has 0 aliphatic rings. The predicted molar refractivity (Wildman–Crippen MR) is 121 cm³/mol. The van der Waals surface area contributed by atoms with Crippen molar-refractivity contribution in [2.24, 2.45) is 5.92 Å². The van der Waals surface area contributed by atoms with Gasteiger partial charge in [0.15, 0.2) is 0 Å². The van der Waals surface area contributed by atoms with E-state index >= 15 is 0 Å². The second kappa shape index (κ2) is 11.0. The van der Waals surface area contributed by atoms with E-state index in [1.165, 1.54) is 0 Å². The molecule has 0 saturated carbocycles. The first-order valence-corrected chi connectivity index (χ1v) is 10.6. The smallest absolute Gasteiger partial charge is 0.255 e. The van der Waals surface area contributed by atoms with Crippen LogP contribution >= 0.6 is 11.6 Å². The maximum atomic E-state index is 12.9. The molecule has 0 unspecified atom stereocenters. The fourth-order valence-corrected chi connectivity index (χ4v) is 3.18. The molecule has 1 aromatic heterocycles. The summed E-state index contributed by atoms with van der Waals surface area (Å²) < 4.78 is 7.38. The zero-order chi connectivity index (χ0) is 21.3. The molecule has 30 heavy (non-hydrogen) atoms. The van der Waals surface area contributed by atoms with Crippen LogP contribution in [0.15, 0.2) is 60.8 Å². The second-order valence-electron chi connectivity index (χ2n) is 7.66. The third-order valence-electron chi connectivity index (χ3n) is 4.51. The van der Waals surface area contributed by atoms with Gasteiger partial charge in [0, 0.05) is 36.5 Å². The molecule has 0 saturated heterocycles. The lowest BCUT2D eigenvalue weighted by molar-refractivity contribution is 0.0925. The van der Waals surface area contributed by atoms with Gasteiger partial charge in [0.2, 0.25) is 0 Å². The van der Waals surface area contributed by atoms with Crippen molar-refractivity contribution >= 4 is 17.5 Å². The highest BCUT2D eigenvalue weighted by Crippen LogP contribution is 2.24. The Morgan fingerprint density at radius 2 is 1.87 bits per heavy atom. The number of hydrogen-bond donors (Lipinski definition) is 1. The van der Waals surface area contributed by atoms with Gasteiger partial charge in [-0.25, -0.2) is 0 Å². The highest BCUT2D eigenvalue weighted by Gasteiger charge is 2.18. The first kappa shape index (κ1) is 22.1. The van der Waals surface area contributed by atoms with Crippen LogP contribution in [0.3, 0.4) is 0 Å². The number of aromatic nitrogens is 2. The number of nitrogens with one attached hydrogen (secondary N) is 1. The largest absolute Gasteiger partial charge is 0.381 e. The molecule has 1 amide bonds. The molecule has 0 aliphatic carbocycles. The molecule has 0 aliphatic heterocycles. The molecule has 6 heteroatoms. The Kier molecular flexibility index (Phi) is 8.05. The number of rotatable bonds is 10. The van der Waals surface area contributed by atoms with E-state index in [2.05, 4.69) is 19.2 Å². The Bertz CT molecular complexity index is 937. The van der Waals surface area contributed by atoms with Crippen molar-refractivity contribution in [2.45, 2.75) is 26.8 Å². The van der Waals surface area contributed by atoms with Crippen LogP contribution in [0.2, 0.25) is 5.02 Å². The molecule has 0 bridgehead atoms. The molecule has 2 aromatic carbocycles. The number of carbonyl (C=O) groups excluding carboxylic acids is 1. The fraction of sp³-hybridized carbons (Fsp3) is 0.333. The second-order valence-corrected chi connectivity index (χ2v) is 8.10. The fourth-order valence-electron chi connectivity index (χ4n) is 3.05. The first-order chi connectivity index (χ1) is 14.5. The van der Waals surface area contributed by atoms with Gasteiger partial charge in [0.25, 0.3) is 5.91 Å². The summed E-state index contributed by atoms with van der Waals surface area (Å²) in [7, 11) is 0. The Morgan fingerprint density at radius 3 is 2.57 bits per heavy atom. The number of halogens is 1. The van der Waals surface area contributed by atoms with Gasteiger partial charge in [-0.2, -0.15) is 5.10 Å². The minimum Gasteiger partial charge on any atom is -0.381 e. The zero-order valence-electron chi connectivity index (χ0n) is 17.5. The quantitative estimate of drug-likeness (QED) is 0.463. The number of ether oxygens (including phenoxy) is 1. The van der Waals surface area contributed by atoms with Gasteiger partial charge in [-0.3, -0.25) is 9.48 Å². The summed E-state index contributed by atoms with van der Waals surface area (Å²) in [6.07, 6.45) is 2.58. The topological polar surface area (TPSA) is 56.1 Å². The van der Waals surface area contributed by atoms with E-state index in [9.17, 15) is 4.79 Å². The number of nitrogens with zero attached hydrogens (tertiary/aromatic N) is 2. The maximum Gasteiger partial charge on any atom is 0.255 e. The van der Waals surface area contributed by atoms with Crippen LogP contribution in [0, 0.1) is 5.92 Å². The van der Waals surface area contributed by atoms with E-state index in [4.69, 9.17) is 21.4 Å². The summed E-state index contributed by atoms with van der Waals surface area (Å²) in [6.45, 7) is 6.76. The van der Waals surface area contributed by atoms with Crippen molar-refractivity contribution in [3.8, 4) is 11.3 Å². The molecule has 3 rings (SSSR count). The first-order valence-electron chi connectivity index (χ1n) is 10.3. The van der Waals surface area contributed by atoms with E-state index in [0.29, 0.717) is 41.9 Å². The molecule has 1 heterocycles. The van der Waals surface area contributed by atoms with Gasteiger partial charge in [-0.15, -0.1) is 0 Å². The molecule has 5 nitrogen and oxygen atoms in total. The van der Waals surface area contributed by atoms with Crippen molar-refractivity contribution in [1.29, 1.82) is 0 Å². The molecule has 0 fully saturated rings.